The number of aromatic nitrogens is 1. The first-order chi connectivity index (χ1) is 13.3. The number of rotatable bonds is 4. The molecule has 1 atom stereocenters. The van der Waals surface area contributed by atoms with Crippen molar-refractivity contribution in [1.29, 1.82) is 0 Å². The second kappa shape index (κ2) is 8.19. The monoisotopic (exact) mass is 383 g/mol. The first-order valence-corrected chi connectivity index (χ1v) is 9.73. The zero-order valence-corrected chi connectivity index (χ0v) is 17.0. The number of methoxy groups -OCH3 is 1. The van der Waals surface area contributed by atoms with Crippen molar-refractivity contribution in [3.8, 4) is 16.9 Å². The molecule has 2 heterocycles. The molecule has 0 bridgehead atoms. The maximum atomic E-state index is 13.1. The van der Waals surface area contributed by atoms with Crippen LogP contribution >= 0.6 is 0 Å². The Bertz CT molecular complexity index is 906. The Morgan fingerprint density at radius 3 is 2.68 bits per heavy atom. The van der Waals surface area contributed by atoms with Crippen molar-refractivity contribution in [2.45, 2.75) is 45.1 Å². The van der Waals surface area contributed by atoms with Gasteiger partial charge < -0.3 is 20.4 Å². The molecule has 3 rings (SSSR count). The van der Waals surface area contributed by atoms with Crippen LogP contribution in [-0.2, 0) is 5.41 Å². The Balaban J connectivity index is 2.11. The summed E-state index contributed by atoms with van der Waals surface area (Å²) >= 11 is 0. The highest BCUT2D eigenvalue weighted by Gasteiger charge is 2.27. The molecular formula is C22H29N3O3. The maximum Gasteiger partial charge on any atom is 0.255 e. The summed E-state index contributed by atoms with van der Waals surface area (Å²) in [6, 6.07) is 7.34. The SMILES string of the molecule is COc1c(C(=O)NC2CCCNC2)cc(-c2ccc[nH]c2=O)cc1C(C)(C)C. The highest BCUT2D eigenvalue weighted by atomic mass is 16.5. The minimum atomic E-state index is -0.260. The number of aromatic amines is 1. The molecule has 0 saturated carbocycles. The number of carbonyl (C=O) groups is 1. The van der Waals surface area contributed by atoms with E-state index in [1.54, 1.807) is 31.5 Å². The van der Waals surface area contributed by atoms with Crippen LogP contribution in [0.25, 0.3) is 11.1 Å². The summed E-state index contributed by atoms with van der Waals surface area (Å²) in [6.07, 6.45) is 3.59. The van der Waals surface area contributed by atoms with Gasteiger partial charge in [0.1, 0.15) is 5.75 Å². The Morgan fingerprint density at radius 2 is 2.07 bits per heavy atom. The number of amides is 1. The van der Waals surface area contributed by atoms with Crippen LogP contribution in [0.2, 0.25) is 0 Å². The molecule has 1 saturated heterocycles. The lowest BCUT2D eigenvalue weighted by atomic mass is 9.83. The van der Waals surface area contributed by atoms with Crippen molar-refractivity contribution in [2.24, 2.45) is 0 Å². The molecule has 0 aliphatic carbocycles. The lowest BCUT2D eigenvalue weighted by molar-refractivity contribution is 0.0927. The molecule has 1 aliphatic heterocycles. The molecule has 2 aromatic rings. The van der Waals surface area contributed by atoms with Gasteiger partial charge in [0.05, 0.1) is 12.7 Å². The van der Waals surface area contributed by atoms with Gasteiger partial charge in [0.15, 0.2) is 0 Å². The molecule has 1 amide bonds. The van der Waals surface area contributed by atoms with Gasteiger partial charge in [0.2, 0.25) is 0 Å². The second-order valence-corrected chi connectivity index (χ2v) is 8.28. The molecule has 1 aromatic heterocycles. The molecule has 6 nitrogen and oxygen atoms in total. The van der Waals surface area contributed by atoms with Crippen LogP contribution in [0.1, 0.15) is 49.5 Å². The van der Waals surface area contributed by atoms with E-state index in [1.807, 2.05) is 6.07 Å². The molecule has 0 spiro atoms. The molecule has 1 fully saturated rings. The average molecular weight is 383 g/mol. The number of pyridine rings is 1. The molecule has 150 valence electrons. The lowest BCUT2D eigenvalue weighted by Crippen LogP contribution is -2.45. The highest BCUT2D eigenvalue weighted by molar-refractivity contribution is 5.99. The van der Waals surface area contributed by atoms with E-state index in [-0.39, 0.29) is 22.9 Å². The van der Waals surface area contributed by atoms with Crippen LogP contribution in [0.3, 0.4) is 0 Å². The number of ether oxygens (including phenoxy) is 1. The van der Waals surface area contributed by atoms with E-state index in [2.05, 4.69) is 36.4 Å². The van der Waals surface area contributed by atoms with E-state index in [1.165, 1.54) is 0 Å². The number of piperidine rings is 1. The minimum absolute atomic E-state index is 0.0906. The van der Waals surface area contributed by atoms with Crippen molar-refractivity contribution >= 4 is 5.91 Å². The first-order valence-electron chi connectivity index (χ1n) is 9.73. The zero-order valence-electron chi connectivity index (χ0n) is 17.0. The number of nitrogens with one attached hydrogen (secondary N) is 3. The molecular weight excluding hydrogens is 354 g/mol. The van der Waals surface area contributed by atoms with E-state index in [0.717, 1.165) is 31.5 Å². The topological polar surface area (TPSA) is 83.2 Å². The van der Waals surface area contributed by atoms with Gasteiger partial charge >= 0.3 is 0 Å². The van der Waals surface area contributed by atoms with Crippen LogP contribution in [0.15, 0.2) is 35.3 Å². The number of benzene rings is 1. The van der Waals surface area contributed by atoms with Gasteiger partial charge in [0.25, 0.3) is 11.5 Å². The third kappa shape index (κ3) is 4.28. The predicted molar refractivity (Wildman–Crippen MR) is 111 cm³/mol. The van der Waals surface area contributed by atoms with E-state index in [4.69, 9.17) is 4.74 Å². The lowest BCUT2D eigenvalue weighted by Gasteiger charge is -2.27. The van der Waals surface area contributed by atoms with E-state index >= 15 is 0 Å². The number of carbonyl (C=O) groups excluding carboxylic acids is 1. The van der Waals surface area contributed by atoms with Crippen molar-refractivity contribution in [2.75, 3.05) is 20.2 Å². The summed E-state index contributed by atoms with van der Waals surface area (Å²) in [7, 11) is 1.58. The first kappa shape index (κ1) is 20.1. The van der Waals surface area contributed by atoms with Crippen LogP contribution in [-0.4, -0.2) is 37.1 Å². The molecule has 3 N–H and O–H groups in total. The van der Waals surface area contributed by atoms with Gasteiger partial charge in [-0.05, 0) is 54.6 Å². The van der Waals surface area contributed by atoms with E-state index in [9.17, 15) is 9.59 Å². The maximum absolute atomic E-state index is 13.1. The van der Waals surface area contributed by atoms with Crippen molar-refractivity contribution in [1.82, 2.24) is 15.6 Å². The quantitative estimate of drug-likeness (QED) is 0.758. The van der Waals surface area contributed by atoms with Crippen LogP contribution in [0, 0.1) is 0 Å². The van der Waals surface area contributed by atoms with Gasteiger partial charge in [-0.2, -0.15) is 0 Å². The van der Waals surface area contributed by atoms with Gasteiger partial charge in [-0.3, -0.25) is 9.59 Å². The fraction of sp³-hybridized carbons (Fsp3) is 0.455. The second-order valence-electron chi connectivity index (χ2n) is 8.28. The molecule has 28 heavy (non-hydrogen) atoms. The highest BCUT2D eigenvalue weighted by Crippen LogP contribution is 2.37. The number of H-pyrrole nitrogens is 1. The molecule has 6 heteroatoms. The van der Waals surface area contributed by atoms with Gasteiger partial charge in [-0.15, -0.1) is 0 Å². The summed E-state index contributed by atoms with van der Waals surface area (Å²) in [5.41, 5.74) is 2.14. The fourth-order valence-electron chi connectivity index (χ4n) is 3.62. The third-order valence-electron chi connectivity index (χ3n) is 5.11. The van der Waals surface area contributed by atoms with Crippen LogP contribution in [0.5, 0.6) is 5.75 Å². The largest absolute Gasteiger partial charge is 0.496 e. The summed E-state index contributed by atoms with van der Waals surface area (Å²) < 4.78 is 5.67. The van der Waals surface area contributed by atoms with Gasteiger partial charge in [-0.1, -0.05) is 20.8 Å². The fourth-order valence-corrected chi connectivity index (χ4v) is 3.62. The summed E-state index contributed by atoms with van der Waals surface area (Å²) in [5, 5.41) is 6.42. The standard InChI is InChI=1S/C22H29N3O3/c1-22(2,3)18-12-14(16-8-6-10-24-20(16)26)11-17(19(18)28-4)21(27)25-15-7-5-9-23-13-15/h6,8,10-12,15,23H,5,7,9,13H2,1-4H3,(H,24,26)(H,25,27). The van der Waals surface area contributed by atoms with Crippen LogP contribution < -0.4 is 20.9 Å². The Kier molecular flexibility index (Phi) is 5.89. The molecule has 0 radical (unpaired) electrons. The normalized spacial score (nSPS) is 17.2. The summed E-state index contributed by atoms with van der Waals surface area (Å²) in [4.78, 5) is 28.2. The van der Waals surface area contributed by atoms with Crippen molar-refractivity contribution < 1.29 is 9.53 Å². The van der Waals surface area contributed by atoms with E-state index < -0.39 is 0 Å². The number of hydrogen-bond donors (Lipinski definition) is 3. The van der Waals surface area contributed by atoms with Crippen LogP contribution in [0.4, 0.5) is 0 Å². The van der Waals surface area contributed by atoms with Crippen molar-refractivity contribution in [3.63, 3.8) is 0 Å². The average Bonchev–Trinajstić information content (AvgIpc) is 2.67. The Hall–Kier alpha value is -2.60. The Morgan fingerprint density at radius 1 is 1.29 bits per heavy atom. The third-order valence-corrected chi connectivity index (χ3v) is 5.11. The van der Waals surface area contributed by atoms with Gasteiger partial charge in [-0.25, -0.2) is 0 Å². The van der Waals surface area contributed by atoms with Crippen molar-refractivity contribution in [3.05, 3.63) is 51.9 Å². The molecule has 1 unspecified atom stereocenters. The number of hydrogen-bond acceptors (Lipinski definition) is 4. The molecule has 1 aromatic carbocycles. The summed E-state index contributed by atoms with van der Waals surface area (Å²) in [6.45, 7) is 7.94. The zero-order chi connectivity index (χ0) is 20.3. The molecule has 1 aliphatic rings. The Labute approximate surface area is 165 Å². The van der Waals surface area contributed by atoms with E-state index in [0.29, 0.717) is 22.4 Å². The van der Waals surface area contributed by atoms with Gasteiger partial charge in [0, 0.05) is 29.9 Å². The minimum Gasteiger partial charge on any atom is -0.496 e. The predicted octanol–water partition coefficient (Wildman–Crippen LogP) is 2.83. The summed E-state index contributed by atoms with van der Waals surface area (Å²) in [5.74, 6) is 0.384. The smallest absolute Gasteiger partial charge is 0.255 e.